The second-order valence-electron chi connectivity index (χ2n) is 8.53. The summed E-state index contributed by atoms with van der Waals surface area (Å²) in [6, 6.07) is 33.4. The first-order chi connectivity index (χ1) is 16.8. The Kier molecular flexibility index (Phi) is 4.09. The van der Waals surface area contributed by atoms with Crippen LogP contribution in [0.5, 0.6) is 0 Å². The first-order valence-corrected chi connectivity index (χ1v) is 11.6. The summed E-state index contributed by atoms with van der Waals surface area (Å²) in [5, 5.41) is 4.44. The molecule has 0 saturated heterocycles. The number of benzene rings is 4. The number of aryl methyl sites for hydroxylation is 1. The van der Waals surface area contributed by atoms with Crippen molar-refractivity contribution in [3.05, 3.63) is 97.1 Å². The van der Waals surface area contributed by atoms with E-state index in [9.17, 15) is 0 Å². The topological polar surface area (TPSA) is 43.9 Å². The molecule has 3 heterocycles. The molecule has 0 amide bonds. The minimum Gasteiger partial charge on any atom is -0.438 e. The Bertz CT molecular complexity index is 1840. The standard InChI is InChI=1S/C30H21N3O/c1-2-33-24-14-8-6-12-21(24)23-18-20(16-17-25(23)33)29-31-28(19-10-4-3-5-11-19)27-22-13-7-9-15-26(22)34-30(27)32-29/h3-18H,2H2,1H3. The zero-order chi connectivity index (χ0) is 22.6. The van der Waals surface area contributed by atoms with Gasteiger partial charge in [0.25, 0.3) is 0 Å². The molecule has 0 saturated carbocycles. The molecule has 0 bridgehead atoms. The highest BCUT2D eigenvalue weighted by molar-refractivity contribution is 6.11. The van der Waals surface area contributed by atoms with Crippen molar-refractivity contribution in [2.75, 3.05) is 0 Å². The van der Waals surface area contributed by atoms with Crippen LogP contribution >= 0.6 is 0 Å². The molecule has 7 rings (SSSR count). The average Bonchev–Trinajstić information content (AvgIpc) is 3.43. The summed E-state index contributed by atoms with van der Waals surface area (Å²) in [5.74, 6) is 0.667. The lowest BCUT2D eigenvalue weighted by Crippen LogP contribution is -1.95. The minimum atomic E-state index is 0.612. The maximum atomic E-state index is 6.20. The number of nitrogens with zero attached hydrogens (tertiary/aromatic N) is 3. The van der Waals surface area contributed by atoms with E-state index in [4.69, 9.17) is 14.4 Å². The molecule has 0 aliphatic carbocycles. The predicted octanol–water partition coefficient (Wildman–Crippen LogP) is 7.84. The van der Waals surface area contributed by atoms with Gasteiger partial charge in [-0.15, -0.1) is 0 Å². The van der Waals surface area contributed by atoms with Gasteiger partial charge in [0.1, 0.15) is 5.58 Å². The second kappa shape index (κ2) is 7.29. The Hall–Kier alpha value is -4.44. The van der Waals surface area contributed by atoms with Crippen LogP contribution in [-0.2, 0) is 6.54 Å². The Morgan fingerprint density at radius 3 is 2.26 bits per heavy atom. The smallest absolute Gasteiger partial charge is 0.231 e. The lowest BCUT2D eigenvalue weighted by Gasteiger charge is -2.07. The fourth-order valence-electron chi connectivity index (χ4n) is 5.09. The van der Waals surface area contributed by atoms with Gasteiger partial charge in [0.2, 0.25) is 5.71 Å². The van der Waals surface area contributed by atoms with E-state index in [1.165, 1.54) is 21.8 Å². The van der Waals surface area contributed by atoms with Crippen LogP contribution in [0.25, 0.3) is 66.5 Å². The van der Waals surface area contributed by atoms with Crippen LogP contribution in [0.4, 0.5) is 0 Å². The van der Waals surface area contributed by atoms with Gasteiger partial charge in [-0.05, 0) is 37.3 Å². The molecule has 4 heteroatoms. The largest absolute Gasteiger partial charge is 0.438 e. The Morgan fingerprint density at radius 1 is 0.676 bits per heavy atom. The van der Waals surface area contributed by atoms with Gasteiger partial charge in [-0.3, -0.25) is 0 Å². The highest BCUT2D eigenvalue weighted by Crippen LogP contribution is 2.37. The second-order valence-corrected chi connectivity index (χ2v) is 8.53. The Morgan fingerprint density at radius 2 is 1.41 bits per heavy atom. The molecule has 0 unspecified atom stereocenters. The SMILES string of the molecule is CCn1c2ccccc2c2cc(-c3nc(-c4ccccc4)c4c(n3)oc3ccccc34)ccc21. The summed E-state index contributed by atoms with van der Waals surface area (Å²) in [6.45, 7) is 3.10. The number of fused-ring (bicyclic) bond motifs is 6. The summed E-state index contributed by atoms with van der Waals surface area (Å²) in [5.41, 5.74) is 6.82. The molecule has 4 nitrogen and oxygen atoms in total. The number of rotatable bonds is 3. The molecule has 0 aliphatic heterocycles. The summed E-state index contributed by atoms with van der Waals surface area (Å²) >= 11 is 0. The van der Waals surface area contributed by atoms with E-state index in [0.29, 0.717) is 11.5 Å². The van der Waals surface area contributed by atoms with Crippen LogP contribution in [0.3, 0.4) is 0 Å². The summed E-state index contributed by atoms with van der Waals surface area (Å²) in [7, 11) is 0. The van der Waals surface area contributed by atoms with E-state index >= 15 is 0 Å². The molecule has 162 valence electrons. The van der Waals surface area contributed by atoms with Crippen molar-refractivity contribution in [1.29, 1.82) is 0 Å². The molecule has 0 N–H and O–H groups in total. The van der Waals surface area contributed by atoms with Crippen molar-refractivity contribution < 1.29 is 4.42 Å². The van der Waals surface area contributed by atoms with Crippen molar-refractivity contribution in [3.63, 3.8) is 0 Å². The van der Waals surface area contributed by atoms with E-state index < -0.39 is 0 Å². The molecule has 0 aliphatic rings. The monoisotopic (exact) mass is 439 g/mol. The molecule has 0 spiro atoms. The molecular formula is C30H21N3O. The fourth-order valence-corrected chi connectivity index (χ4v) is 5.09. The number of para-hydroxylation sites is 2. The summed E-state index contributed by atoms with van der Waals surface area (Å²) in [4.78, 5) is 10.00. The lowest BCUT2D eigenvalue weighted by atomic mass is 10.0. The molecule has 0 radical (unpaired) electrons. The highest BCUT2D eigenvalue weighted by Gasteiger charge is 2.18. The van der Waals surface area contributed by atoms with Gasteiger partial charge < -0.3 is 8.98 Å². The van der Waals surface area contributed by atoms with Gasteiger partial charge >= 0.3 is 0 Å². The molecule has 0 fully saturated rings. The maximum Gasteiger partial charge on any atom is 0.231 e. The van der Waals surface area contributed by atoms with E-state index in [1.54, 1.807) is 0 Å². The molecule has 7 aromatic rings. The highest BCUT2D eigenvalue weighted by atomic mass is 16.3. The van der Waals surface area contributed by atoms with Gasteiger partial charge in [0.15, 0.2) is 5.82 Å². The molecular weight excluding hydrogens is 418 g/mol. The third-order valence-corrected chi connectivity index (χ3v) is 6.63. The Labute approximate surface area is 196 Å². The third-order valence-electron chi connectivity index (χ3n) is 6.63. The van der Waals surface area contributed by atoms with E-state index in [-0.39, 0.29) is 0 Å². The van der Waals surface area contributed by atoms with Gasteiger partial charge in [-0.25, -0.2) is 4.98 Å². The van der Waals surface area contributed by atoms with Crippen molar-refractivity contribution in [1.82, 2.24) is 14.5 Å². The van der Waals surface area contributed by atoms with Gasteiger partial charge in [-0.1, -0.05) is 66.7 Å². The average molecular weight is 440 g/mol. The van der Waals surface area contributed by atoms with Crippen LogP contribution in [0, 0.1) is 0 Å². The van der Waals surface area contributed by atoms with Crippen LogP contribution in [0.15, 0.2) is 101 Å². The van der Waals surface area contributed by atoms with Crippen molar-refractivity contribution >= 4 is 43.9 Å². The van der Waals surface area contributed by atoms with Crippen molar-refractivity contribution in [3.8, 4) is 22.6 Å². The van der Waals surface area contributed by atoms with Gasteiger partial charge in [0, 0.05) is 44.9 Å². The van der Waals surface area contributed by atoms with E-state index in [0.717, 1.165) is 39.7 Å². The van der Waals surface area contributed by atoms with Crippen molar-refractivity contribution in [2.45, 2.75) is 13.5 Å². The lowest BCUT2D eigenvalue weighted by molar-refractivity contribution is 0.653. The Balaban J connectivity index is 1.54. The first-order valence-electron chi connectivity index (χ1n) is 11.6. The molecule has 0 atom stereocenters. The zero-order valence-electron chi connectivity index (χ0n) is 18.7. The molecule has 4 aromatic carbocycles. The van der Waals surface area contributed by atoms with E-state index in [1.807, 2.05) is 36.4 Å². The predicted molar refractivity (Wildman–Crippen MR) is 139 cm³/mol. The van der Waals surface area contributed by atoms with Crippen molar-refractivity contribution in [2.24, 2.45) is 0 Å². The maximum absolute atomic E-state index is 6.20. The quantitative estimate of drug-likeness (QED) is 0.282. The normalized spacial score (nSPS) is 11.8. The molecule has 3 aromatic heterocycles. The number of hydrogen-bond donors (Lipinski definition) is 0. The van der Waals surface area contributed by atoms with Gasteiger partial charge in [-0.2, -0.15) is 4.98 Å². The minimum absolute atomic E-state index is 0.612. The number of hydrogen-bond acceptors (Lipinski definition) is 3. The molecule has 34 heavy (non-hydrogen) atoms. The van der Waals surface area contributed by atoms with Crippen LogP contribution in [0.2, 0.25) is 0 Å². The number of aromatic nitrogens is 3. The first kappa shape index (κ1) is 19.1. The number of furan rings is 1. The summed E-state index contributed by atoms with van der Waals surface area (Å²) in [6.07, 6.45) is 0. The zero-order valence-corrected chi connectivity index (χ0v) is 18.7. The van der Waals surface area contributed by atoms with Crippen LogP contribution < -0.4 is 0 Å². The third kappa shape index (κ3) is 2.72. The van der Waals surface area contributed by atoms with Crippen LogP contribution in [0.1, 0.15) is 6.92 Å². The van der Waals surface area contributed by atoms with Crippen LogP contribution in [-0.4, -0.2) is 14.5 Å². The van der Waals surface area contributed by atoms with Gasteiger partial charge in [0.05, 0.1) is 11.1 Å². The fraction of sp³-hybridized carbons (Fsp3) is 0.0667. The summed E-state index contributed by atoms with van der Waals surface area (Å²) < 4.78 is 8.56. The van der Waals surface area contributed by atoms with E-state index in [2.05, 4.69) is 72.2 Å².